The molecule has 1 aliphatic heterocycles. The van der Waals surface area contributed by atoms with Gasteiger partial charge in [0.1, 0.15) is 5.82 Å². The van der Waals surface area contributed by atoms with E-state index in [0.29, 0.717) is 12.1 Å². The van der Waals surface area contributed by atoms with Crippen LogP contribution < -0.4 is 15.5 Å². The van der Waals surface area contributed by atoms with E-state index in [1.165, 1.54) is 36.4 Å². The standard InChI is InChI=1S/C27H29FN4O2/c1-20(33)30-26-17-21(11-12-25(26)28)27(34)29-18-22-7-5-6-8-23(22)19-31-13-15-32(16-14-31)24-9-3-2-4-10-24/h2-12,17H,13-16,18-19H2,1H3,(H,29,34)(H,30,33). The third-order valence-corrected chi connectivity index (χ3v) is 5.98. The van der Waals surface area contributed by atoms with Crippen LogP contribution >= 0.6 is 0 Å². The molecule has 0 aromatic heterocycles. The van der Waals surface area contributed by atoms with Gasteiger partial charge >= 0.3 is 0 Å². The Morgan fingerprint density at radius 1 is 0.882 bits per heavy atom. The maximum absolute atomic E-state index is 13.9. The van der Waals surface area contributed by atoms with Gasteiger partial charge in [-0.3, -0.25) is 14.5 Å². The van der Waals surface area contributed by atoms with E-state index >= 15 is 0 Å². The molecule has 0 unspecified atom stereocenters. The molecule has 0 spiro atoms. The van der Waals surface area contributed by atoms with Crippen LogP contribution in [0.2, 0.25) is 0 Å². The highest BCUT2D eigenvalue weighted by Crippen LogP contribution is 2.19. The highest BCUT2D eigenvalue weighted by molar-refractivity contribution is 5.96. The lowest BCUT2D eigenvalue weighted by molar-refractivity contribution is -0.114. The number of hydrogen-bond donors (Lipinski definition) is 2. The number of carbonyl (C=O) groups is 2. The Labute approximate surface area is 199 Å². The molecule has 1 aliphatic rings. The van der Waals surface area contributed by atoms with Crippen LogP contribution in [0, 0.1) is 5.82 Å². The van der Waals surface area contributed by atoms with Crippen LogP contribution in [0.4, 0.5) is 15.8 Å². The lowest BCUT2D eigenvalue weighted by Gasteiger charge is -2.36. The summed E-state index contributed by atoms with van der Waals surface area (Å²) in [4.78, 5) is 28.8. The Morgan fingerprint density at radius 3 is 2.26 bits per heavy atom. The van der Waals surface area contributed by atoms with Crippen LogP contribution in [0.15, 0.2) is 72.8 Å². The summed E-state index contributed by atoms with van der Waals surface area (Å²) in [6, 6.07) is 22.5. The molecule has 34 heavy (non-hydrogen) atoms. The molecular formula is C27H29FN4O2. The molecule has 0 atom stereocenters. The van der Waals surface area contributed by atoms with Crippen molar-refractivity contribution in [2.24, 2.45) is 0 Å². The predicted octanol–water partition coefficient (Wildman–Crippen LogP) is 4.04. The van der Waals surface area contributed by atoms with Gasteiger partial charge in [0.05, 0.1) is 5.69 Å². The minimum atomic E-state index is -0.579. The summed E-state index contributed by atoms with van der Waals surface area (Å²) in [6.45, 7) is 6.37. The van der Waals surface area contributed by atoms with E-state index in [1.807, 2.05) is 24.3 Å². The predicted molar refractivity (Wildman–Crippen MR) is 132 cm³/mol. The number of para-hydroxylation sites is 1. The fourth-order valence-electron chi connectivity index (χ4n) is 4.16. The van der Waals surface area contributed by atoms with Crippen LogP contribution in [-0.4, -0.2) is 42.9 Å². The first-order valence-corrected chi connectivity index (χ1v) is 11.4. The van der Waals surface area contributed by atoms with Gasteiger partial charge in [-0.25, -0.2) is 4.39 Å². The highest BCUT2D eigenvalue weighted by atomic mass is 19.1. The van der Waals surface area contributed by atoms with Crippen molar-refractivity contribution < 1.29 is 14.0 Å². The van der Waals surface area contributed by atoms with Crippen LogP contribution in [-0.2, 0) is 17.9 Å². The largest absolute Gasteiger partial charge is 0.369 e. The summed E-state index contributed by atoms with van der Waals surface area (Å²) in [6.07, 6.45) is 0. The molecule has 1 saturated heterocycles. The van der Waals surface area contributed by atoms with E-state index in [2.05, 4.69) is 50.8 Å². The summed E-state index contributed by atoms with van der Waals surface area (Å²) in [5, 5.41) is 5.33. The number of rotatable bonds is 7. The third-order valence-electron chi connectivity index (χ3n) is 5.98. The van der Waals surface area contributed by atoms with Gasteiger partial charge in [0.2, 0.25) is 5.91 Å². The van der Waals surface area contributed by atoms with Gasteiger partial charge in [-0.05, 0) is 41.5 Å². The maximum Gasteiger partial charge on any atom is 0.251 e. The van der Waals surface area contributed by atoms with Crippen molar-refractivity contribution in [3.05, 3.63) is 95.3 Å². The zero-order valence-electron chi connectivity index (χ0n) is 19.3. The molecule has 3 aromatic carbocycles. The summed E-state index contributed by atoms with van der Waals surface area (Å²) < 4.78 is 13.9. The first kappa shape index (κ1) is 23.4. The lowest BCUT2D eigenvalue weighted by atomic mass is 10.1. The minimum Gasteiger partial charge on any atom is -0.369 e. The fourth-order valence-corrected chi connectivity index (χ4v) is 4.16. The zero-order chi connectivity index (χ0) is 23.9. The first-order valence-electron chi connectivity index (χ1n) is 11.4. The Bertz CT molecular complexity index is 1140. The number of carbonyl (C=O) groups excluding carboxylic acids is 2. The Morgan fingerprint density at radius 2 is 1.56 bits per heavy atom. The zero-order valence-corrected chi connectivity index (χ0v) is 19.3. The molecule has 2 N–H and O–H groups in total. The molecule has 176 valence electrons. The van der Waals surface area contributed by atoms with E-state index < -0.39 is 11.7 Å². The summed E-state index contributed by atoms with van der Waals surface area (Å²) in [5.41, 5.74) is 3.77. The van der Waals surface area contributed by atoms with Crippen LogP contribution in [0.1, 0.15) is 28.4 Å². The average Bonchev–Trinajstić information content (AvgIpc) is 2.85. The van der Waals surface area contributed by atoms with Gasteiger partial charge in [-0.2, -0.15) is 0 Å². The Balaban J connectivity index is 1.35. The smallest absolute Gasteiger partial charge is 0.251 e. The van der Waals surface area contributed by atoms with E-state index in [0.717, 1.165) is 38.3 Å². The van der Waals surface area contributed by atoms with Crippen LogP contribution in [0.25, 0.3) is 0 Å². The van der Waals surface area contributed by atoms with Crippen molar-refractivity contribution in [2.75, 3.05) is 36.4 Å². The van der Waals surface area contributed by atoms with E-state index in [9.17, 15) is 14.0 Å². The minimum absolute atomic E-state index is 0.00445. The van der Waals surface area contributed by atoms with Crippen molar-refractivity contribution >= 4 is 23.2 Å². The quantitative estimate of drug-likeness (QED) is 0.559. The van der Waals surface area contributed by atoms with Crippen LogP contribution in [0.3, 0.4) is 0 Å². The second kappa shape index (κ2) is 10.9. The van der Waals surface area contributed by atoms with Crippen LogP contribution in [0.5, 0.6) is 0 Å². The number of hydrogen-bond acceptors (Lipinski definition) is 4. The van der Waals surface area contributed by atoms with Gasteiger partial charge in [-0.1, -0.05) is 42.5 Å². The molecule has 2 amide bonds. The lowest BCUT2D eigenvalue weighted by Crippen LogP contribution is -2.46. The fraction of sp³-hybridized carbons (Fsp3) is 0.259. The average molecular weight is 461 g/mol. The molecule has 4 rings (SSSR count). The topological polar surface area (TPSA) is 64.7 Å². The Hall–Kier alpha value is -3.71. The number of amides is 2. The molecule has 7 heteroatoms. The van der Waals surface area contributed by atoms with Gasteiger partial charge < -0.3 is 15.5 Å². The summed E-state index contributed by atoms with van der Waals surface area (Å²) in [5.74, 6) is -1.29. The highest BCUT2D eigenvalue weighted by Gasteiger charge is 2.18. The Kier molecular flexibility index (Phi) is 7.54. The van der Waals surface area contributed by atoms with Gasteiger partial charge in [0.15, 0.2) is 0 Å². The number of benzene rings is 3. The first-order chi connectivity index (χ1) is 16.5. The van der Waals surface area contributed by atoms with Crippen molar-refractivity contribution in [1.29, 1.82) is 0 Å². The van der Waals surface area contributed by atoms with E-state index in [4.69, 9.17) is 0 Å². The normalized spacial score (nSPS) is 14.0. The van der Waals surface area contributed by atoms with Crippen molar-refractivity contribution in [1.82, 2.24) is 10.2 Å². The molecule has 0 bridgehead atoms. The molecule has 1 heterocycles. The second-order valence-corrected chi connectivity index (χ2v) is 8.43. The summed E-state index contributed by atoms with van der Waals surface area (Å²) >= 11 is 0. The van der Waals surface area contributed by atoms with Crippen molar-refractivity contribution in [2.45, 2.75) is 20.0 Å². The molecule has 0 aliphatic carbocycles. The number of nitrogens with one attached hydrogen (secondary N) is 2. The van der Waals surface area contributed by atoms with Gasteiger partial charge in [0, 0.05) is 57.4 Å². The van der Waals surface area contributed by atoms with Crippen molar-refractivity contribution in [3.8, 4) is 0 Å². The van der Waals surface area contributed by atoms with Gasteiger partial charge in [0.25, 0.3) is 5.91 Å². The van der Waals surface area contributed by atoms with E-state index in [1.54, 1.807) is 0 Å². The molecule has 3 aromatic rings. The molecular weight excluding hydrogens is 431 g/mol. The number of nitrogens with zero attached hydrogens (tertiary/aromatic N) is 2. The SMILES string of the molecule is CC(=O)Nc1cc(C(=O)NCc2ccccc2CN2CCN(c3ccccc3)CC2)ccc1F. The van der Waals surface area contributed by atoms with Crippen molar-refractivity contribution in [3.63, 3.8) is 0 Å². The molecule has 6 nitrogen and oxygen atoms in total. The molecule has 0 saturated carbocycles. The number of piperazine rings is 1. The molecule has 0 radical (unpaired) electrons. The monoisotopic (exact) mass is 460 g/mol. The van der Waals surface area contributed by atoms with E-state index in [-0.39, 0.29) is 11.6 Å². The summed E-state index contributed by atoms with van der Waals surface area (Å²) in [7, 11) is 0. The van der Waals surface area contributed by atoms with Gasteiger partial charge in [-0.15, -0.1) is 0 Å². The third kappa shape index (κ3) is 5.99. The maximum atomic E-state index is 13.9. The molecule has 1 fully saturated rings. The number of anilines is 2. The second-order valence-electron chi connectivity index (χ2n) is 8.43. The number of halogens is 1.